The third-order valence-electron chi connectivity index (χ3n) is 6.34. The zero-order chi connectivity index (χ0) is 25.4. The number of amides is 1. The van der Waals surface area contributed by atoms with Gasteiger partial charge in [0, 0.05) is 40.1 Å². The van der Waals surface area contributed by atoms with E-state index in [0.29, 0.717) is 33.7 Å². The third-order valence-corrected chi connectivity index (χ3v) is 6.34. The summed E-state index contributed by atoms with van der Waals surface area (Å²) < 4.78 is 6.02. The highest BCUT2D eigenvalue weighted by Gasteiger charge is 2.33. The summed E-state index contributed by atoms with van der Waals surface area (Å²) in [5.41, 5.74) is 3.17. The van der Waals surface area contributed by atoms with E-state index in [1.807, 2.05) is 30.3 Å². The van der Waals surface area contributed by atoms with Crippen LogP contribution >= 0.6 is 0 Å². The van der Waals surface area contributed by atoms with Crippen molar-refractivity contribution < 1.29 is 29.6 Å². The van der Waals surface area contributed by atoms with Crippen LogP contribution in [0.3, 0.4) is 0 Å². The minimum Gasteiger partial charge on any atom is -0.508 e. The first-order chi connectivity index (χ1) is 17.3. The summed E-state index contributed by atoms with van der Waals surface area (Å²) in [6.45, 7) is 1.79. The van der Waals surface area contributed by atoms with Gasteiger partial charge in [-0.1, -0.05) is 42.5 Å². The van der Waals surface area contributed by atoms with Gasteiger partial charge in [0.15, 0.2) is 0 Å². The smallest absolute Gasteiger partial charge is 0.336 e. The van der Waals surface area contributed by atoms with Crippen molar-refractivity contribution in [1.29, 1.82) is 0 Å². The van der Waals surface area contributed by atoms with Crippen LogP contribution in [-0.4, -0.2) is 33.3 Å². The van der Waals surface area contributed by atoms with Crippen molar-refractivity contribution >= 4 is 23.1 Å². The van der Waals surface area contributed by atoms with Crippen molar-refractivity contribution in [3.05, 3.63) is 119 Å². The number of fused-ring (bicyclic) bond motifs is 2. The molecule has 4 N–H and O–H groups in total. The normalized spacial score (nSPS) is 16.8. The lowest BCUT2D eigenvalue weighted by Crippen LogP contribution is -2.26. The molecular formula is C29H23NO6. The first-order valence-corrected chi connectivity index (χ1v) is 11.4. The second-order valence-electron chi connectivity index (χ2n) is 8.63. The van der Waals surface area contributed by atoms with Crippen molar-refractivity contribution in [2.24, 2.45) is 0 Å². The van der Waals surface area contributed by atoms with E-state index in [2.05, 4.69) is 5.32 Å². The summed E-state index contributed by atoms with van der Waals surface area (Å²) in [5.74, 6) is -1.62. The number of carbonyl (C=O) groups excluding carboxylic acids is 1. The van der Waals surface area contributed by atoms with Gasteiger partial charge in [-0.25, -0.2) is 4.79 Å². The zero-order valence-electron chi connectivity index (χ0n) is 19.3. The Bertz CT molecular complexity index is 1470. The van der Waals surface area contributed by atoms with E-state index in [1.54, 1.807) is 31.2 Å². The van der Waals surface area contributed by atoms with Gasteiger partial charge in [0.05, 0.1) is 11.5 Å². The van der Waals surface area contributed by atoms with Crippen LogP contribution in [0.5, 0.6) is 11.5 Å². The number of carboxylic acids is 1. The van der Waals surface area contributed by atoms with Gasteiger partial charge in [-0.05, 0) is 42.8 Å². The van der Waals surface area contributed by atoms with E-state index in [-0.39, 0.29) is 23.0 Å². The van der Waals surface area contributed by atoms with Crippen molar-refractivity contribution in [2.75, 3.05) is 5.32 Å². The molecule has 0 aromatic heterocycles. The maximum absolute atomic E-state index is 13.3. The summed E-state index contributed by atoms with van der Waals surface area (Å²) >= 11 is 0. The number of aromatic hydroxyl groups is 1. The Hall–Kier alpha value is -4.78. The number of carboxylic acid groups (broad SMARTS) is 1. The maximum atomic E-state index is 13.3. The standard InChI is InChI=1S/C29H23NO6/c1-16(17-6-3-2-4-7-17)28(33)30-23-9-5-8-22(29(34)35)27(23)26-20-12-10-18(31)14-24(20)36-25-15-19(32)11-13-21(25)26/h2-16,24,31-32H,1H3,(H,30,33)(H,34,35). The van der Waals surface area contributed by atoms with Crippen LogP contribution in [0, 0.1) is 0 Å². The highest BCUT2D eigenvalue weighted by molar-refractivity contribution is 6.06. The van der Waals surface area contributed by atoms with E-state index in [0.717, 1.165) is 5.56 Å². The quantitative estimate of drug-likeness (QED) is 0.387. The second kappa shape index (κ2) is 9.11. The fraction of sp³-hybridized carbons (Fsp3) is 0.103. The van der Waals surface area contributed by atoms with Gasteiger partial charge in [-0.2, -0.15) is 0 Å². The number of aliphatic hydroxyl groups is 1. The van der Waals surface area contributed by atoms with Crippen LogP contribution in [0.4, 0.5) is 5.69 Å². The number of carbonyl (C=O) groups is 2. The molecule has 2 aliphatic rings. The summed E-state index contributed by atoms with van der Waals surface area (Å²) in [6, 6.07) is 18.6. The largest absolute Gasteiger partial charge is 0.508 e. The summed E-state index contributed by atoms with van der Waals surface area (Å²) in [7, 11) is 0. The predicted molar refractivity (Wildman–Crippen MR) is 135 cm³/mol. The average molecular weight is 482 g/mol. The summed E-state index contributed by atoms with van der Waals surface area (Å²) in [6.07, 6.45) is 3.95. The highest BCUT2D eigenvalue weighted by Crippen LogP contribution is 2.46. The minimum atomic E-state index is -1.16. The van der Waals surface area contributed by atoms with Crippen LogP contribution < -0.4 is 10.1 Å². The van der Waals surface area contributed by atoms with Crippen LogP contribution in [0.15, 0.2) is 96.3 Å². The van der Waals surface area contributed by atoms with E-state index in [1.165, 1.54) is 30.4 Å². The number of ether oxygens (including phenoxy) is 1. The van der Waals surface area contributed by atoms with Crippen LogP contribution in [0.25, 0.3) is 5.57 Å². The second-order valence-corrected chi connectivity index (χ2v) is 8.63. The molecule has 3 aromatic carbocycles. The molecule has 0 bridgehead atoms. The molecule has 7 heteroatoms. The van der Waals surface area contributed by atoms with E-state index < -0.39 is 18.0 Å². The van der Waals surface area contributed by atoms with Gasteiger partial charge in [-0.15, -0.1) is 0 Å². The van der Waals surface area contributed by atoms with Gasteiger partial charge < -0.3 is 25.4 Å². The first-order valence-electron chi connectivity index (χ1n) is 11.4. The van der Waals surface area contributed by atoms with Crippen molar-refractivity contribution in [1.82, 2.24) is 0 Å². The number of anilines is 1. The Kier molecular flexibility index (Phi) is 5.82. The number of nitrogens with one attached hydrogen (secondary N) is 1. The number of phenolic OH excluding ortho intramolecular Hbond substituents is 1. The fourth-order valence-electron chi connectivity index (χ4n) is 4.52. The number of hydrogen-bond donors (Lipinski definition) is 4. The predicted octanol–water partition coefficient (Wildman–Crippen LogP) is 5.41. The lowest BCUT2D eigenvalue weighted by Gasteiger charge is -2.31. The number of phenols is 1. The van der Waals surface area contributed by atoms with E-state index >= 15 is 0 Å². The molecule has 0 radical (unpaired) electrons. The maximum Gasteiger partial charge on any atom is 0.336 e. The number of allylic oxidation sites excluding steroid dienone is 1. The van der Waals surface area contributed by atoms with E-state index in [4.69, 9.17) is 4.74 Å². The lowest BCUT2D eigenvalue weighted by molar-refractivity contribution is -0.117. The Morgan fingerprint density at radius 2 is 1.75 bits per heavy atom. The molecule has 7 nitrogen and oxygen atoms in total. The van der Waals surface area contributed by atoms with Crippen molar-refractivity contribution in [2.45, 2.75) is 18.9 Å². The van der Waals surface area contributed by atoms with Crippen molar-refractivity contribution in [3.63, 3.8) is 0 Å². The molecule has 5 rings (SSSR count). The number of rotatable bonds is 5. The summed E-state index contributed by atoms with van der Waals surface area (Å²) in [4.78, 5) is 25.6. The van der Waals surface area contributed by atoms with Crippen LogP contribution in [0.1, 0.15) is 39.9 Å². The number of aromatic carboxylic acids is 1. The SMILES string of the molecule is CC(C(=O)Nc1cccc(C(=O)O)c1C1=C2C=CC(O)=CC2Oc2cc(O)ccc21)c1ccccc1. The summed E-state index contributed by atoms with van der Waals surface area (Å²) in [5, 5.41) is 33.1. The molecule has 180 valence electrons. The molecule has 0 saturated heterocycles. The van der Waals surface area contributed by atoms with E-state index in [9.17, 15) is 24.9 Å². The Morgan fingerprint density at radius 3 is 2.50 bits per heavy atom. The number of benzene rings is 3. The Balaban J connectivity index is 1.70. The number of aliphatic hydroxyl groups excluding tert-OH is 1. The minimum absolute atomic E-state index is 0.00318. The molecule has 2 atom stereocenters. The average Bonchev–Trinajstić information content (AvgIpc) is 2.87. The van der Waals surface area contributed by atoms with Gasteiger partial charge >= 0.3 is 5.97 Å². The molecule has 0 spiro atoms. The van der Waals surface area contributed by atoms with Crippen LogP contribution in [0.2, 0.25) is 0 Å². The molecular weight excluding hydrogens is 458 g/mol. The molecule has 1 heterocycles. The third kappa shape index (κ3) is 4.11. The molecule has 1 aliphatic carbocycles. The van der Waals surface area contributed by atoms with Gasteiger partial charge in [0.25, 0.3) is 0 Å². The van der Waals surface area contributed by atoms with Crippen molar-refractivity contribution in [3.8, 4) is 11.5 Å². The van der Waals surface area contributed by atoms with Gasteiger partial charge in [0.2, 0.25) is 5.91 Å². The Labute approximate surface area is 207 Å². The molecule has 0 saturated carbocycles. The highest BCUT2D eigenvalue weighted by atomic mass is 16.5. The number of hydrogen-bond acceptors (Lipinski definition) is 5. The molecule has 3 aromatic rings. The monoisotopic (exact) mass is 481 g/mol. The van der Waals surface area contributed by atoms with Gasteiger partial charge in [0.1, 0.15) is 23.4 Å². The molecule has 2 unspecified atom stereocenters. The molecule has 0 fully saturated rings. The van der Waals surface area contributed by atoms with Gasteiger partial charge in [-0.3, -0.25) is 4.79 Å². The molecule has 1 aliphatic heterocycles. The first kappa shape index (κ1) is 23.0. The molecule has 36 heavy (non-hydrogen) atoms. The topological polar surface area (TPSA) is 116 Å². The lowest BCUT2D eigenvalue weighted by atomic mass is 9.83. The Morgan fingerprint density at radius 1 is 0.972 bits per heavy atom. The zero-order valence-corrected chi connectivity index (χ0v) is 19.3. The molecule has 1 amide bonds. The van der Waals surface area contributed by atoms with Crippen LogP contribution in [-0.2, 0) is 4.79 Å². The fourth-order valence-corrected chi connectivity index (χ4v) is 4.52.